The zero-order valence-electron chi connectivity index (χ0n) is 9.45. The number of rotatable bonds is 3. The Morgan fingerprint density at radius 1 is 1.56 bits per heavy atom. The zero-order chi connectivity index (χ0) is 11.5. The Balaban J connectivity index is 2.05. The molecule has 3 N–H and O–H groups in total. The van der Waals surface area contributed by atoms with Gasteiger partial charge in [-0.2, -0.15) is 0 Å². The van der Waals surface area contributed by atoms with E-state index in [0.29, 0.717) is 11.6 Å². The summed E-state index contributed by atoms with van der Waals surface area (Å²) in [5.41, 5.74) is 6.81. The summed E-state index contributed by atoms with van der Waals surface area (Å²) in [7, 11) is 0. The van der Waals surface area contributed by atoms with E-state index >= 15 is 0 Å². The van der Waals surface area contributed by atoms with Crippen LogP contribution in [0.15, 0.2) is 0 Å². The fraction of sp³-hybridized carbons (Fsp3) is 0.636. The van der Waals surface area contributed by atoms with E-state index in [4.69, 9.17) is 5.73 Å². The van der Waals surface area contributed by atoms with Crippen molar-refractivity contribution in [2.24, 2.45) is 5.73 Å². The van der Waals surface area contributed by atoms with Gasteiger partial charge in [0, 0.05) is 4.88 Å². The molecule has 88 valence electrons. The second kappa shape index (κ2) is 4.93. The predicted octanol–water partition coefficient (Wildman–Crippen LogP) is 1.70. The van der Waals surface area contributed by atoms with Crippen molar-refractivity contribution in [2.75, 3.05) is 5.32 Å². The molecule has 0 aliphatic heterocycles. The quantitative estimate of drug-likeness (QED) is 0.843. The SMILES string of the molecule is CC[C@H](N)C(=O)Nc1nc2c(s1)CCCC2. The molecule has 1 aromatic heterocycles. The average Bonchev–Trinajstić information content (AvgIpc) is 2.69. The lowest BCUT2D eigenvalue weighted by atomic mass is 10.0. The molecule has 1 aliphatic rings. The monoisotopic (exact) mass is 239 g/mol. The molecule has 1 amide bonds. The third-order valence-corrected chi connectivity index (χ3v) is 3.93. The summed E-state index contributed by atoms with van der Waals surface area (Å²) in [5, 5.41) is 3.50. The van der Waals surface area contributed by atoms with Gasteiger partial charge in [0.05, 0.1) is 11.7 Å². The lowest BCUT2D eigenvalue weighted by molar-refractivity contribution is -0.117. The summed E-state index contributed by atoms with van der Waals surface area (Å²) in [6, 6.07) is -0.430. The van der Waals surface area contributed by atoms with Crippen molar-refractivity contribution < 1.29 is 4.79 Å². The lowest BCUT2D eigenvalue weighted by Gasteiger charge is -2.06. The Labute approximate surface area is 99.3 Å². The average molecular weight is 239 g/mol. The number of hydrogen-bond donors (Lipinski definition) is 2. The van der Waals surface area contributed by atoms with Gasteiger partial charge in [0.1, 0.15) is 0 Å². The summed E-state index contributed by atoms with van der Waals surface area (Å²) in [6.07, 6.45) is 5.23. The summed E-state index contributed by atoms with van der Waals surface area (Å²) in [4.78, 5) is 17.4. The van der Waals surface area contributed by atoms with Crippen molar-refractivity contribution in [3.05, 3.63) is 10.6 Å². The first-order chi connectivity index (χ1) is 7.70. The van der Waals surface area contributed by atoms with Crippen molar-refractivity contribution in [3.8, 4) is 0 Å². The van der Waals surface area contributed by atoms with Crippen LogP contribution >= 0.6 is 11.3 Å². The van der Waals surface area contributed by atoms with Gasteiger partial charge in [-0.15, -0.1) is 11.3 Å². The van der Waals surface area contributed by atoms with E-state index in [1.807, 2.05) is 6.92 Å². The maximum Gasteiger partial charge on any atom is 0.243 e. The Morgan fingerprint density at radius 3 is 3.00 bits per heavy atom. The largest absolute Gasteiger partial charge is 0.320 e. The topological polar surface area (TPSA) is 68.0 Å². The van der Waals surface area contributed by atoms with Gasteiger partial charge >= 0.3 is 0 Å². The van der Waals surface area contributed by atoms with Crippen molar-refractivity contribution in [3.63, 3.8) is 0 Å². The first-order valence-corrected chi connectivity index (χ1v) is 6.57. The molecule has 1 atom stereocenters. The molecule has 0 unspecified atom stereocenters. The number of nitrogens with one attached hydrogen (secondary N) is 1. The van der Waals surface area contributed by atoms with Gasteiger partial charge in [-0.25, -0.2) is 4.98 Å². The molecule has 4 nitrogen and oxygen atoms in total. The number of thiazole rings is 1. The van der Waals surface area contributed by atoms with Crippen LogP contribution < -0.4 is 11.1 Å². The lowest BCUT2D eigenvalue weighted by Crippen LogP contribution is -2.34. The highest BCUT2D eigenvalue weighted by atomic mass is 32.1. The first kappa shape index (κ1) is 11.5. The highest BCUT2D eigenvalue weighted by Gasteiger charge is 2.18. The molecule has 1 aliphatic carbocycles. The van der Waals surface area contributed by atoms with Gasteiger partial charge in [-0.1, -0.05) is 6.92 Å². The molecule has 16 heavy (non-hydrogen) atoms. The number of carbonyl (C=O) groups excluding carboxylic acids is 1. The number of fused-ring (bicyclic) bond motifs is 1. The van der Waals surface area contributed by atoms with E-state index < -0.39 is 6.04 Å². The van der Waals surface area contributed by atoms with Gasteiger partial charge in [0.25, 0.3) is 0 Å². The van der Waals surface area contributed by atoms with E-state index in [2.05, 4.69) is 10.3 Å². The van der Waals surface area contributed by atoms with Crippen molar-refractivity contribution in [1.29, 1.82) is 0 Å². The van der Waals surface area contributed by atoms with Crippen LogP contribution in [0.1, 0.15) is 36.8 Å². The third-order valence-electron chi connectivity index (χ3n) is 2.85. The Bertz CT molecular complexity index is 365. The second-order valence-electron chi connectivity index (χ2n) is 4.10. The van der Waals surface area contributed by atoms with Crippen molar-refractivity contribution in [1.82, 2.24) is 4.98 Å². The van der Waals surface area contributed by atoms with E-state index in [0.717, 1.165) is 18.5 Å². The van der Waals surface area contributed by atoms with Crippen molar-refractivity contribution in [2.45, 2.75) is 45.1 Å². The molecule has 0 radical (unpaired) electrons. The molecule has 1 aromatic rings. The molecular formula is C11H17N3OS. The van der Waals surface area contributed by atoms with Crippen LogP contribution in [0.5, 0.6) is 0 Å². The second-order valence-corrected chi connectivity index (χ2v) is 5.18. The normalized spacial score (nSPS) is 16.6. The van der Waals surface area contributed by atoms with E-state index in [1.165, 1.54) is 17.7 Å². The molecule has 0 saturated heterocycles. The van der Waals surface area contributed by atoms with Crippen LogP contribution in [0.3, 0.4) is 0 Å². The summed E-state index contributed by atoms with van der Waals surface area (Å²) in [6.45, 7) is 1.90. The minimum atomic E-state index is -0.430. The van der Waals surface area contributed by atoms with Crippen LogP contribution in [0, 0.1) is 0 Å². The number of hydrogen-bond acceptors (Lipinski definition) is 4. The Hall–Kier alpha value is -0.940. The van der Waals surface area contributed by atoms with Gasteiger partial charge in [-0.05, 0) is 32.1 Å². The molecule has 1 heterocycles. The first-order valence-electron chi connectivity index (χ1n) is 5.75. The zero-order valence-corrected chi connectivity index (χ0v) is 10.3. The smallest absolute Gasteiger partial charge is 0.243 e. The number of aromatic nitrogens is 1. The summed E-state index contributed by atoms with van der Waals surface area (Å²) in [5.74, 6) is -0.131. The highest BCUT2D eigenvalue weighted by molar-refractivity contribution is 7.15. The molecule has 0 bridgehead atoms. The van der Waals surface area contributed by atoms with E-state index in [-0.39, 0.29) is 5.91 Å². The number of carbonyl (C=O) groups is 1. The van der Waals surface area contributed by atoms with Crippen LogP contribution in [0.2, 0.25) is 0 Å². The van der Waals surface area contributed by atoms with Gasteiger partial charge < -0.3 is 11.1 Å². The number of anilines is 1. The number of nitrogens with zero attached hydrogens (tertiary/aromatic N) is 1. The molecular weight excluding hydrogens is 222 g/mol. The van der Waals surface area contributed by atoms with Gasteiger partial charge in [0.2, 0.25) is 5.91 Å². The predicted molar refractivity (Wildman–Crippen MR) is 65.7 cm³/mol. The Morgan fingerprint density at radius 2 is 2.31 bits per heavy atom. The molecule has 0 aromatic carbocycles. The molecule has 0 saturated carbocycles. The molecule has 0 fully saturated rings. The van der Waals surface area contributed by atoms with Gasteiger partial charge in [0.15, 0.2) is 5.13 Å². The molecule has 5 heteroatoms. The maximum absolute atomic E-state index is 11.6. The molecule has 2 rings (SSSR count). The summed E-state index contributed by atoms with van der Waals surface area (Å²) < 4.78 is 0. The van der Waals surface area contributed by atoms with Crippen molar-refractivity contribution >= 4 is 22.4 Å². The highest BCUT2D eigenvalue weighted by Crippen LogP contribution is 2.29. The van der Waals surface area contributed by atoms with E-state index in [9.17, 15) is 4.79 Å². The maximum atomic E-state index is 11.6. The fourth-order valence-electron chi connectivity index (χ4n) is 1.79. The third kappa shape index (κ3) is 2.41. The van der Waals surface area contributed by atoms with Crippen LogP contribution in [0.25, 0.3) is 0 Å². The number of nitrogens with two attached hydrogens (primary N) is 1. The standard InChI is InChI=1S/C11H17N3OS/c1-2-7(12)10(15)14-11-13-8-5-3-4-6-9(8)16-11/h7H,2-6,12H2,1H3,(H,13,14,15)/t7-/m0/s1. The summed E-state index contributed by atoms with van der Waals surface area (Å²) >= 11 is 1.59. The minimum absolute atomic E-state index is 0.131. The van der Waals surface area contributed by atoms with Crippen LogP contribution in [-0.2, 0) is 17.6 Å². The minimum Gasteiger partial charge on any atom is -0.320 e. The number of aryl methyl sites for hydroxylation is 2. The molecule has 0 spiro atoms. The number of amides is 1. The fourth-order valence-corrected chi connectivity index (χ4v) is 2.84. The van der Waals surface area contributed by atoms with E-state index in [1.54, 1.807) is 11.3 Å². The van der Waals surface area contributed by atoms with Crippen LogP contribution in [-0.4, -0.2) is 16.9 Å². The van der Waals surface area contributed by atoms with Crippen LogP contribution in [0.4, 0.5) is 5.13 Å². The van der Waals surface area contributed by atoms with Gasteiger partial charge in [-0.3, -0.25) is 4.79 Å². The Kier molecular flexibility index (Phi) is 3.56.